The third-order valence-electron chi connectivity index (χ3n) is 6.28. The molecule has 1 aromatic heterocycles. The Bertz CT molecular complexity index is 1610. The molecule has 2 amide bonds. The van der Waals surface area contributed by atoms with E-state index in [0.717, 1.165) is 0 Å². The lowest BCUT2D eigenvalue weighted by Crippen LogP contribution is -2.71. The minimum Gasteiger partial charge on any atom is -0.508 e. The van der Waals surface area contributed by atoms with E-state index in [2.05, 4.69) is 26.0 Å². The average molecular weight is 628 g/mol. The summed E-state index contributed by atoms with van der Waals surface area (Å²) in [5, 5.41) is 47.3. The number of hydrogen-bond acceptors (Lipinski definition) is 13. The zero-order chi connectivity index (χ0) is 30.5. The molecule has 43 heavy (non-hydrogen) atoms. The summed E-state index contributed by atoms with van der Waals surface area (Å²) in [5.74, 6) is -1.93. The smallest absolute Gasteiger partial charge is 0.352 e. The molecule has 1 fully saturated rings. The van der Waals surface area contributed by atoms with E-state index >= 15 is 0 Å². The minimum absolute atomic E-state index is 0.00286. The number of ether oxygens (including phenoxy) is 1. The van der Waals surface area contributed by atoms with Crippen molar-refractivity contribution < 1.29 is 39.3 Å². The quantitative estimate of drug-likeness (QED) is 0.0728. The van der Waals surface area contributed by atoms with Crippen LogP contribution in [0.3, 0.4) is 0 Å². The van der Waals surface area contributed by atoms with E-state index < -0.39 is 29.2 Å². The van der Waals surface area contributed by atoms with Crippen LogP contribution in [0.2, 0.25) is 0 Å². The Hall–Kier alpha value is -4.77. The second kappa shape index (κ2) is 13.0. The first-order chi connectivity index (χ1) is 20.7. The predicted molar refractivity (Wildman–Crippen MR) is 153 cm³/mol. The van der Waals surface area contributed by atoms with Gasteiger partial charge in [0, 0.05) is 24.1 Å². The van der Waals surface area contributed by atoms with Gasteiger partial charge in [-0.15, -0.1) is 16.9 Å². The van der Waals surface area contributed by atoms with Crippen LogP contribution < -0.4 is 10.1 Å². The van der Waals surface area contributed by atoms with Crippen LogP contribution in [0.25, 0.3) is 0 Å². The predicted octanol–water partition coefficient (Wildman–Crippen LogP) is 0.952. The number of aliphatic carboxylic acids is 1. The van der Waals surface area contributed by atoms with Crippen LogP contribution in [-0.2, 0) is 26.3 Å². The summed E-state index contributed by atoms with van der Waals surface area (Å²) >= 11 is 2.57. The Morgan fingerprint density at radius 3 is 2.72 bits per heavy atom. The molecule has 224 valence electrons. The molecule has 0 saturated carbocycles. The molecule has 17 heteroatoms. The van der Waals surface area contributed by atoms with E-state index in [1.54, 1.807) is 25.2 Å². The Kier molecular flexibility index (Phi) is 9.01. The SMILES string of the molecule is Cn1nnnc1SCC1=C(C(=O)O)N2C(=O)C(NC(=O)C(=NOCCOc3ccccc3O)c3cccc(O)c3)[C@H]2SC1. The topological polar surface area (TPSA) is 202 Å². The number of carbonyl (C=O) groups is 3. The largest absolute Gasteiger partial charge is 0.508 e. The number of nitrogens with zero attached hydrogens (tertiary/aromatic N) is 6. The highest BCUT2D eigenvalue weighted by Crippen LogP contribution is 2.41. The number of aryl methyl sites for hydroxylation is 1. The fourth-order valence-corrected chi connectivity index (χ4v) is 6.59. The molecule has 1 unspecified atom stereocenters. The summed E-state index contributed by atoms with van der Waals surface area (Å²) in [5.41, 5.74) is 0.412. The van der Waals surface area contributed by atoms with Gasteiger partial charge >= 0.3 is 5.97 Å². The molecule has 1 saturated heterocycles. The van der Waals surface area contributed by atoms with Crippen molar-refractivity contribution in [3.8, 4) is 17.2 Å². The molecule has 2 aromatic carbocycles. The lowest BCUT2D eigenvalue weighted by atomic mass is 10.0. The highest BCUT2D eigenvalue weighted by molar-refractivity contribution is 8.01. The number of carboxylic acids is 1. The van der Waals surface area contributed by atoms with Crippen molar-refractivity contribution in [3.63, 3.8) is 0 Å². The van der Waals surface area contributed by atoms with E-state index in [1.807, 2.05) is 0 Å². The maximum atomic E-state index is 13.4. The Labute approximate surface area is 252 Å². The number of oxime groups is 1. The molecule has 0 spiro atoms. The molecule has 15 nitrogen and oxygen atoms in total. The number of thioether (sulfide) groups is 2. The van der Waals surface area contributed by atoms with Gasteiger partial charge in [-0.2, -0.15) is 0 Å². The molecular formula is C26H25N7O8S2. The van der Waals surface area contributed by atoms with Crippen LogP contribution in [0.5, 0.6) is 17.2 Å². The summed E-state index contributed by atoms with van der Waals surface area (Å²) in [4.78, 5) is 45.2. The van der Waals surface area contributed by atoms with Crippen LogP contribution >= 0.6 is 23.5 Å². The van der Waals surface area contributed by atoms with Crippen LogP contribution in [0, 0.1) is 0 Å². The normalized spacial score (nSPS) is 18.1. The standard InChI is InChI=1S/C26H25N7O8S2/c1-32-26(28-30-31-32)43-13-15-12-42-24-20(23(37)33(24)21(15)25(38)39)27-22(36)19(14-5-4-6-16(34)11-14)29-41-10-9-40-18-8-3-2-7-17(18)35/h2-8,11,20,24,34-35H,9-10,12-13H2,1H3,(H,27,36)(H,38,39)/t20?,24-/m1/s1. The molecule has 0 bridgehead atoms. The molecule has 0 radical (unpaired) electrons. The zero-order valence-electron chi connectivity index (χ0n) is 22.5. The number of aromatic hydroxyl groups is 2. The van der Waals surface area contributed by atoms with Gasteiger partial charge in [-0.05, 0) is 40.3 Å². The van der Waals surface area contributed by atoms with E-state index in [-0.39, 0.29) is 53.2 Å². The first-order valence-corrected chi connectivity index (χ1v) is 14.7. The first kappa shape index (κ1) is 29.7. The van der Waals surface area contributed by atoms with Gasteiger partial charge in [0.15, 0.2) is 23.8 Å². The fourth-order valence-electron chi connectivity index (χ4n) is 4.26. The monoisotopic (exact) mass is 627 g/mol. The lowest BCUT2D eigenvalue weighted by Gasteiger charge is -2.49. The number of para-hydroxylation sites is 2. The molecule has 2 aliphatic rings. The number of fused-ring (bicyclic) bond motifs is 1. The summed E-state index contributed by atoms with van der Waals surface area (Å²) in [7, 11) is 1.66. The number of rotatable bonds is 12. The van der Waals surface area contributed by atoms with Crippen molar-refractivity contribution in [1.82, 2.24) is 30.4 Å². The molecule has 2 aliphatic heterocycles. The number of β-lactam (4-membered cyclic amide) rings is 1. The van der Waals surface area contributed by atoms with E-state index in [0.29, 0.717) is 16.5 Å². The number of phenols is 2. The molecule has 0 aliphatic carbocycles. The molecule has 5 rings (SSSR count). The maximum Gasteiger partial charge on any atom is 0.352 e. The van der Waals surface area contributed by atoms with Crippen molar-refractivity contribution in [2.24, 2.45) is 12.2 Å². The van der Waals surface area contributed by atoms with Crippen molar-refractivity contribution >= 4 is 47.0 Å². The van der Waals surface area contributed by atoms with Gasteiger partial charge in [0.25, 0.3) is 11.8 Å². The summed E-state index contributed by atoms with van der Waals surface area (Å²) in [6.45, 7) is -0.0839. The van der Waals surface area contributed by atoms with Crippen molar-refractivity contribution in [3.05, 3.63) is 65.4 Å². The number of nitrogens with one attached hydrogen (secondary N) is 1. The number of benzene rings is 2. The molecule has 3 heterocycles. The van der Waals surface area contributed by atoms with Gasteiger partial charge < -0.3 is 30.2 Å². The van der Waals surface area contributed by atoms with E-state index in [4.69, 9.17) is 9.57 Å². The summed E-state index contributed by atoms with van der Waals surface area (Å²) < 4.78 is 6.91. The molecular weight excluding hydrogens is 602 g/mol. The molecule has 2 atom stereocenters. The van der Waals surface area contributed by atoms with Gasteiger partial charge in [-0.3, -0.25) is 14.5 Å². The number of tetrazole rings is 1. The van der Waals surface area contributed by atoms with Crippen molar-refractivity contribution in [2.75, 3.05) is 24.7 Å². The van der Waals surface area contributed by atoms with Crippen LogP contribution in [0.4, 0.5) is 0 Å². The molecule has 4 N–H and O–H groups in total. The van der Waals surface area contributed by atoms with Gasteiger partial charge in [-0.25, -0.2) is 9.48 Å². The van der Waals surface area contributed by atoms with Gasteiger partial charge in [-0.1, -0.05) is 41.2 Å². The Balaban J connectivity index is 1.26. The van der Waals surface area contributed by atoms with Crippen LogP contribution in [0.1, 0.15) is 5.56 Å². The highest BCUT2D eigenvalue weighted by Gasteiger charge is 2.54. The zero-order valence-corrected chi connectivity index (χ0v) is 24.1. The number of carbonyl (C=O) groups excluding carboxylic acids is 2. The number of phenolic OH excluding ortho intramolecular Hbond substituents is 2. The highest BCUT2D eigenvalue weighted by atomic mass is 32.2. The van der Waals surface area contributed by atoms with Gasteiger partial charge in [0.2, 0.25) is 5.16 Å². The van der Waals surface area contributed by atoms with Crippen molar-refractivity contribution in [1.29, 1.82) is 0 Å². The molecule has 3 aromatic rings. The van der Waals surface area contributed by atoms with Crippen LogP contribution in [-0.4, -0.2) is 100 Å². The second-order valence-corrected chi connectivity index (χ2v) is 11.2. The first-order valence-electron chi connectivity index (χ1n) is 12.7. The Morgan fingerprint density at radius 2 is 2.00 bits per heavy atom. The summed E-state index contributed by atoms with van der Waals surface area (Å²) in [6.07, 6.45) is 0. The number of hydrogen-bond donors (Lipinski definition) is 4. The van der Waals surface area contributed by atoms with Crippen LogP contribution in [0.15, 0.2) is 70.1 Å². The van der Waals surface area contributed by atoms with Crippen molar-refractivity contribution in [2.45, 2.75) is 16.6 Å². The number of aromatic nitrogens is 4. The maximum absolute atomic E-state index is 13.4. The minimum atomic E-state index is -1.25. The fraction of sp³-hybridized carbons (Fsp3) is 0.269. The van der Waals surface area contributed by atoms with E-state index in [9.17, 15) is 29.7 Å². The number of carboxylic acid groups (broad SMARTS) is 1. The third kappa shape index (κ3) is 6.51. The summed E-state index contributed by atoms with van der Waals surface area (Å²) in [6, 6.07) is 11.2. The number of amides is 2. The lowest BCUT2D eigenvalue weighted by molar-refractivity contribution is -0.150. The van der Waals surface area contributed by atoms with Gasteiger partial charge in [0.1, 0.15) is 29.5 Å². The average Bonchev–Trinajstić information content (AvgIpc) is 3.41. The Morgan fingerprint density at radius 1 is 1.19 bits per heavy atom. The van der Waals surface area contributed by atoms with E-state index in [1.165, 1.54) is 63.4 Å². The van der Waals surface area contributed by atoms with Gasteiger partial charge in [0.05, 0.1) is 0 Å². The second-order valence-electron chi connectivity index (χ2n) is 9.13. The third-order valence-corrected chi connectivity index (χ3v) is 8.72.